The van der Waals surface area contributed by atoms with Crippen LogP contribution in [-0.2, 0) is 0 Å². The number of hydrogen-bond acceptors (Lipinski definition) is 6. The summed E-state index contributed by atoms with van der Waals surface area (Å²) in [6, 6.07) is 7.40. The second-order valence-corrected chi connectivity index (χ2v) is 8.29. The largest absolute Gasteiger partial charge is 0.404 e. The van der Waals surface area contributed by atoms with Crippen LogP contribution in [0.1, 0.15) is 13.8 Å². The number of benzene rings is 1. The molecule has 25 heavy (non-hydrogen) atoms. The summed E-state index contributed by atoms with van der Waals surface area (Å²) >= 11 is 1.56. The molecule has 2 aromatic rings. The molecule has 1 aromatic heterocycles. The van der Waals surface area contributed by atoms with E-state index in [1.807, 2.05) is 58.2 Å². The van der Waals surface area contributed by atoms with Crippen molar-refractivity contribution >= 4 is 22.7 Å². The van der Waals surface area contributed by atoms with Crippen molar-refractivity contribution in [3.8, 4) is 0 Å². The number of likely N-dealkylation sites (N-methyl/N-ethyl adjacent to an activating group) is 1. The maximum Gasteiger partial charge on any atom is 0.295 e. The van der Waals surface area contributed by atoms with Crippen molar-refractivity contribution in [3.63, 3.8) is 0 Å². The van der Waals surface area contributed by atoms with E-state index in [1.54, 1.807) is 17.8 Å². The monoisotopic (exact) mass is 364 g/mol. The average molecular weight is 365 g/mol. The molecule has 0 radical (unpaired) electrons. The summed E-state index contributed by atoms with van der Waals surface area (Å²) in [5.41, 5.74) is 0.544. The second-order valence-electron chi connectivity index (χ2n) is 6.88. The SMILES string of the molecule is CC(CN(C)C)On1c(SC(C)CN(C)C)nc2ccccc2c1=O. The Hall–Kier alpha value is -1.57. The van der Waals surface area contributed by atoms with Crippen molar-refractivity contribution in [2.45, 2.75) is 30.4 Å². The molecule has 138 valence electrons. The van der Waals surface area contributed by atoms with Gasteiger partial charge in [-0.2, -0.15) is 0 Å². The van der Waals surface area contributed by atoms with Gasteiger partial charge >= 0.3 is 0 Å². The van der Waals surface area contributed by atoms with Gasteiger partial charge in [-0.05, 0) is 47.2 Å². The lowest BCUT2D eigenvalue weighted by Gasteiger charge is -2.22. The van der Waals surface area contributed by atoms with E-state index in [9.17, 15) is 4.79 Å². The molecule has 0 aliphatic rings. The zero-order valence-electron chi connectivity index (χ0n) is 15.9. The van der Waals surface area contributed by atoms with E-state index in [0.717, 1.165) is 13.1 Å². The summed E-state index contributed by atoms with van der Waals surface area (Å²) in [7, 11) is 8.04. The van der Waals surface area contributed by atoms with Crippen LogP contribution in [0.15, 0.2) is 34.2 Å². The average Bonchev–Trinajstić information content (AvgIpc) is 2.49. The topological polar surface area (TPSA) is 50.6 Å². The van der Waals surface area contributed by atoms with Gasteiger partial charge in [-0.25, -0.2) is 4.98 Å². The molecule has 0 saturated carbocycles. The highest BCUT2D eigenvalue weighted by molar-refractivity contribution is 7.99. The fourth-order valence-electron chi connectivity index (χ4n) is 2.72. The van der Waals surface area contributed by atoms with Crippen molar-refractivity contribution in [1.82, 2.24) is 19.5 Å². The molecule has 1 aromatic carbocycles. The minimum Gasteiger partial charge on any atom is -0.404 e. The Labute approximate surface area is 153 Å². The van der Waals surface area contributed by atoms with Crippen LogP contribution in [0.3, 0.4) is 0 Å². The maximum atomic E-state index is 12.9. The number of para-hydroxylation sites is 1. The van der Waals surface area contributed by atoms with Gasteiger partial charge in [0.15, 0.2) is 0 Å². The molecular formula is C18H28N4O2S. The molecule has 0 amide bonds. The Morgan fingerprint density at radius 3 is 2.40 bits per heavy atom. The number of nitrogens with zero attached hydrogens (tertiary/aromatic N) is 4. The lowest BCUT2D eigenvalue weighted by Crippen LogP contribution is -2.39. The standard InChI is InChI=1S/C18H28N4O2S/c1-13(11-20(3)4)24-22-17(23)15-9-7-8-10-16(15)19-18(22)25-14(2)12-21(5)6/h7-10,13-14H,11-12H2,1-6H3. The first-order valence-electron chi connectivity index (χ1n) is 8.43. The summed E-state index contributed by atoms with van der Waals surface area (Å²) in [5, 5.41) is 1.45. The zero-order valence-corrected chi connectivity index (χ0v) is 16.7. The highest BCUT2D eigenvalue weighted by Crippen LogP contribution is 2.22. The van der Waals surface area contributed by atoms with Crippen LogP contribution in [0.2, 0.25) is 0 Å². The number of thioether (sulfide) groups is 1. The van der Waals surface area contributed by atoms with Crippen molar-refractivity contribution in [3.05, 3.63) is 34.6 Å². The maximum absolute atomic E-state index is 12.9. The first kappa shape index (κ1) is 19.8. The van der Waals surface area contributed by atoms with Crippen LogP contribution in [0.5, 0.6) is 0 Å². The molecule has 0 aliphatic carbocycles. The van der Waals surface area contributed by atoms with Gasteiger partial charge in [0.2, 0.25) is 5.16 Å². The Morgan fingerprint density at radius 2 is 1.76 bits per heavy atom. The summed E-state index contributed by atoms with van der Waals surface area (Å²) in [6.07, 6.45) is -0.126. The first-order chi connectivity index (χ1) is 11.8. The molecule has 0 spiro atoms. The molecular weight excluding hydrogens is 336 g/mol. The Bertz CT molecular complexity index is 760. The molecule has 2 atom stereocenters. The van der Waals surface area contributed by atoms with E-state index >= 15 is 0 Å². The Balaban J connectivity index is 2.42. The van der Waals surface area contributed by atoms with Crippen molar-refractivity contribution < 1.29 is 4.84 Å². The third kappa shape index (κ3) is 5.45. The van der Waals surface area contributed by atoms with E-state index in [0.29, 0.717) is 16.1 Å². The lowest BCUT2D eigenvalue weighted by molar-refractivity contribution is 0.0115. The molecule has 0 N–H and O–H groups in total. The number of fused-ring (bicyclic) bond motifs is 1. The predicted molar refractivity (Wildman–Crippen MR) is 104 cm³/mol. The molecule has 0 aliphatic heterocycles. The van der Waals surface area contributed by atoms with Gasteiger partial charge in [0.05, 0.1) is 10.9 Å². The zero-order chi connectivity index (χ0) is 18.6. The van der Waals surface area contributed by atoms with Crippen LogP contribution in [-0.4, -0.2) is 72.1 Å². The highest BCUT2D eigenvalue weighted by Gasteiger charge is 2.18. The summed E-state index contributed by atoms with van der Waals surface area (Å²) < 4.78 is 1.37. The van der Waals surface area contributed by atoms with E-state index in [4.69, 9.17) is 4.84 Å². The van der Waals surface area contributed by atoms with Crippen LogP contribution in [0, 0.1) is 0 Å². The molecule has 1 heterocycles. The van der Waals surface area contributed by atoms with Gasteiger partial charge in [-0.3, -0.25) is 4.79 Å². The molecule has 0 saturated heterocycles. The molecule has 2 unspecified atom stereocenters. The first-order valence-corrected chi connectivity index (χ1v) is 9.31. The molecule has 6 nitrogen and oxygen atoms in total. The molecule has 0 fully saturated rings. The van der Waals surface area contributed by atoms with E-state index in [2.05, 4.69) is 16.8 Å². The predicted octanol–water partition coefficient (Wildman–Crippen LogP) is 1.82. The second kappa shape index (κ2) is 8.69. The quantitative estimate of drug-likeness (QED) is 0.526. The third-order valence-corrected chi connectivity index (χ3v) is 4.56. The minimum absolute atomic E-state index is 0.126. The Morgan fingerprint density at radius 1 is 1.12 bits per heavy atom. The third-order valence-electron chi connectivity index (χ3n) is 3.55. The summed E-state index contributed by atoms with van der Waals surface area (Å²) in [4.78, 5) is 27.7. The molecule has 2 rings (SSSR count). The van der Waals surface area contributed by atoms with E-state index in [-0.39, 0.29) is 16.9 Å². The van der Waals surface area contributed by atoms with Crippen molar-refractivity contribution in [2.24, 2.45) is 0 Å². The van der Waals surface area contributed by atoms with E-state index in [1.165, 1.54) is 4.73 Å². The van der Waals surface area contributed by atoms with E-state index < -0.39 is 0 Å². The summed E-state index contributed by atoms with van der Waals surface area (Å²) in [6.45, 7) is 5.69. The van der Waals surface area contributed by atoms with Crippen molar-refractivity contribution in [1.29, 1.82) is 0 Å². The van der Waals surface area contributed by atoms with Gasteiger partial charge in [0.1, 0.15) is 6.10 Å². The number of aromatic nitrogens is 2. The van der Waals surface area contributed by atoms with Gasteiger partial charge in [0.25, 0.3) is 5.56 Å². The van der Waals surface area contributed by atoms with Gasteiger partial charge < -0.3 is 14.6 Å². The lowest BCUT2D eigenvalue weighted by atomic mass is 10.2. The molecule has 7 heteroatoms. The summed E-state index contributed by atoms with van der Waals surface area (Å²) in [5.74, 6) is 0. The normalized spacial score (nSPS) is 14.2. The van der Waals surface area contributed by atoms with Gasteiger partial charge in [-0.1, -0.05) is 30.8 Å². The fraction of sp³-hybridized carbons (Fsp3) is 0.556. The van der Waals surface area contributed by atoms with Gasteiger partial charge in [-0.15, -0.1) is 4.73 Å². The highest BCUT2D eigenvalue weighted by atomic mass is 32.2. The van der Waals surface area contributed by atoms with Crippen molar-refractivity contribution in [2.75, 3.05) is 41.3 Å². The minimum atomic E-state index is -0.157. The number of rotatable bonds is 8. The van der Waals surface area contributed by atoms with Crippen LogP contribution >= 0.6 is 11.8 Å². The van der Waals surface area contributed by atoms with Crippen LogP contribution in [0.4, 0.5) is 0 Å². The Kier molecular flexibility index (Phi) is 6.87. The van der Waals surface area contributed by atoms with Crippen LogP contribution in [0.25, 0.3) is 10.9 Å². The smallest absolute Gasteiger partial charge is 0.295 e. The number of hydrogen-bond donors (Lipinski definition) is 0. The molecule has 0 bridgehead atoms. The fourth-order valence-corrected chi connectivity index (χ4v) is 3.83. The van der Waals surface area contributed by atoms with Crippen LogP contribution < -0.4 is 10.4 Å². The van der Waals surface area contributed by atoms with Gasteiger partial charge in [0, 0.05) is 18.3 Å².